The molecule has 3 atom stereocenters. The first kappa shape index (κ1) is 26.0. The molecule has 1 saturated carbocycles. The summed E-state index contributed by atoms with van der Waals surface area (Å²) in [6, 6.07) is 3.27. The van der Waals surface area contributed by atoms with Gasteiger partial charge >= 0.3 is 6.03 Å². The minimum absolute atomic E-state index is 0.122. The van der Waals surface area contributed by atoms with E-state index >= 15 is 0 Å². The average Bonchev–Trinajstić information content (AvgIpc) is 3.46. The summed E-state index contributed by atoms with van der Waals surface area (Å²) in [6.45, 7) is 9.82. The van der Waals surface area contributed by atoms with Crippen molar-refractivity contribution in [1.82, 2.24) is 25.1 Å². The van der Waals surface area contributed by atoms with Gasteiger partial charge in [0, 0.05) is 35.6 Å². The van der Waals surface area contributed by atoms with Gasteiger partial charge in [0.15, 0.2) is 11.4 Å². The van der Waals surface area contributed by atoms with Crippen LogP contribution in [0.15, 0.2) is 37.2 Å². The first-order valence-electron chi connectivity index (χ1n) is 12.9. The van der Waals surface area contributed by atoms with Gasteiger partial charge in [0.25, 0.3) is 5.91 Å². The van der Waals surface area contributed by atoms with E-state index in [9.17, 15) is 14.4 Å². The van der Waals surface area contributed by atoms with Gasteiger partial charge in [-0.1, -0.05) is 20.4 Å². The Morgan fingerprint density at radius 3 is 2.66 bits per heavy atom. The Morgan fingerprint density at radius 1 is 1.24 bits per heavy atom. The Balaban J connectivity index is 1.52. The molecule has 1 aliphatic heterocycles. The quantitative estimate of drug-likeness (QED) is 0.293. The molecule has 3 aromatic heterocycles. The zero-order valence-corrected chi connectivity index (χ0v) is 22.9. The van der Waals surface area contributed by atoms with Crippen LogP contribution in [-0.4, -0.2) is 46.9 Å². The van der Waals surface area contributed by atoms with E-state index in [1.807, 2.05) is 20.0 Å². The number of thiophene rings is 1. The van der Waals surface area contributed by atoms with E-state index in [1.165, 1.54) is 17.4 Å². The fourth-order valence-electron chi connectivity index (χ4n) is 5.61. The molecule has 0 radical (unpaired) electrons. The van der Waals surface area contributed by atoms with Crippen molar-refractivity contribution in [1.29, 1.82) is 0 Å². The van der Waals surface area contributed by atoms with Crippen LogP contribution in [0, 0.1) is 12.8 Å². The van der Waals surface area contributed by atoms with Crippen molar-refractivity contribution in [2.75, 3.05) is 12.4 Å². The summed E-state index contributed by atoms with van der Waals surface area (Å²) in [5.41, 5.74) is 3.98. The SMILES string of the molecule is C=CC(=O)N[C@H]1CCC[C@H]1NC(=O)c1sc2nccc3c2c1NC(=O)[N+]3(C)c1cnc(CC(C)C)cc1C. The largest absolute Gasteiger partial charge is 0.431 e. The third-order valence-corrected chi connectivity index (χ3v) is 8.58. The van der Waals surface area contributed by atoms with Gasteiger partial charge in [-0.3, -0.25) is 19.9 Å². The summed E-state index contributed by atoms with van der Waals surface area (Å²) in [6.07, 6.45) is 8.02. The number of aromatic nitrogens is 2. The number of carbonyl (C=O) groups is 3. The number of nitrogens with one attached hydrogen (secondary N) is 3. The average molecular weight is 534 g/mol. The molecule has 9 nitrogen and oxygen atoms in total. The molecule has 0 aromatic carbocycles. The topological polar surface area (TPSA) is 113 Å². The highest BCUT2D eigenvalue weighted by Crippen LogP contribution is 2.49. The number of hydrogen-bond donors (Lipinski definition) is 3. The molecular weight excluding hydrogens is 500 g/mol. The summed E-state index contributed by atoms with van der Waals surface area (Å²) in [4.78, 5) is 49.4. The zero-order valence-electron chi connectivity index (χ0n) is 22.1. The van der Waals surface area contributed by atoms with Crippen molar-refractivity contribution in [2.45, 2.75) is 58.5 Å². The van der Waals surface area contributed by atoms with E-state index in [2.05, 4.69) is 52.4 Å². The molecular formula is C28H33N6O3S+. The van der Waals surface area contributed by atoms with Crippen molar-refractivity contribution < 1.29 is 14.4 Å². The Morgan fingerprint density at radius 2 is 1.97 bits per heavy atom. The normalized spacial score (nSPS) is 22.4. The van der Waals surface area contributed by atoms with Gasteiger partial charge < -0.3 is 10.6 Å². The van der Waals surface area contributed by atoms with Crippen molar-refractivity contribution >= 4 is 56.5 Å². The lowest BCUT2D eigenvalue weighted by Crippen LogP contribution is -2.51. The lowest BCUT2D eigenvalue weighted by Gasteiger charge is -2.34. The number of nitrogens with zero attached hydrogens (tertiary/aromatic N) is 3. The van der Waals surface area contributed by atoms with Gasteiger partial charge in [-0.2, -0.15) is 4.48 Å². The first-order valence-corrected chi connectivity index (χ1v) is 13.7. The van der Waals surface area contributed by atoms with Gasteiger partial charge in [0.1, 0.15) is 9.71 Å². The van der Waals surface area contributed by atoms with Gasteiger partial charge in [0.2, 0.25) is 5.91 Å². The number of hydrogen-bond acceptors (Lipinski definition) is 6. The second-order valence-electron chi connectivity index (χ2n) is 10.6. The highest BCUT2D eigenvalue weighted by molar-refractivity contribution is 7.21. The van der Waals surface area contributed by atoms with Crippen LogP contribution in [0.3, 0.4) is 0 Å². The molecule has 5 rings (SSSR count). The molecule has 1 aliphatic carbocycles. The summed E-state index contributed by atoms with van der Waals surface area (Å²) in [7, 11) is 1.85. The standard InChI is InChI=1S/C28H32N6O3S/c1-6-22(35)31-18-8-7-9-19(18)32-26(36)25-24-23-20(10-11-29-27(23)38-25)34(5,28(37)33-24)21-14-30-17(12-15(2)3)13-16(21)4/h6,10-11,13-15,18-19H,1,7-9,12H2,2-5H3,(H2-,31,32,33,35,36,37)/p+1/t18-,19+,34?/m0/s1. The number of anilines is 1. The van der Waals surface area contributed by atoms with E-state index in [4.69, 9.17) is 0 Å². The van der Waals surface area contributed by atoms with Crippen LogP contribution in [0.25, 0.3) is 10.2 Å². The van der Waals surface area contributed by atoms with Gasteiger partial charge in [0.05, 0.1) is 24.3 Å². The predicted molar refractivity (Wildman–Crippen MR) is 151 cm³/mol. The van der Waals surface area contributed by atoms with E-state index in [-0.39, 0.29) is 34.4 Å². The monoisotopic (exact) mass is 533 g/mol. The molecule has 3 aromatic rings. The van der Waals surface area contributed by atoms with Crippen LogP contribution in [0.5, 0.6) is 0 Å². The molecule has 38 heavy (non-hydrogen) atoms. The number of quaternary nitrogens is 1. The smallest absolute Gasteiger partial charge is 0.348 e. The predicted octanol–water partition coefficient (Wildman–Crippen LogP) is 4.97. The molecule has 1 fully saturated rings. The van der Waals surface area contributed by atoms with Crippen LogP contribution >= 0.6 is 11.3 Å². The Kier molecular flexibility index (Phi) is 6.79. The van der Waals surface area contributed by atoms with Crippen LogP contribution < -0.4 is 20.4 Å². The molecule has 3 N–H and O–H groups in total. The second-order valence-corrected chi connectivity index (χ2v) is 11.6. The van der Waals surface area contributed by atoms with Crippen LogP contribution in [0.4, 0.5) is 21.9 Å². The number of aryl methyl sites for hydroxylation is 1. The minimum Gasteiger partial charge on any atom is -0.348 e. The van der Waals surface area contributed by atoms with Crippen molar-refractivity contribution in [3.63, 3.8) is 0 Å². The molecule has 1 unspecified atom stereocenters. The maximum Gasteiger partial charge on any atom is 0.431 e. The molecule has 0 saturated heterocycles. The fourth-order valence-corrected chi connectivity index (χ4v) is 6.63. The van der Waals surface area contributed by atoms with E-state index in [0.717, 1.165) is 53.7 Å². The summed E-state index contributed by atoms with van der Waals surface area (Å²) in [5, 5.41) is 9.78. The third kappa shape index (κ3) is 4.37. The van der Waals surface area contributed by atoms with Crippen LogP contribution in [0.1, 0.15) is 54.0 Å². The molecule has 2 aliphatic rings. The second kappa shape index (κ2) is 9.92. The first-order chi connectivity index (χ1) is 18.1. The Bertz CT molecular complexity index is 1460. The molecule has 4 amide bonds. The number of pyridine rings is 2. The van der Waals surface area contributed by atoms with Crippen molar-refractivity contribution in [3.05, 3.63) is 53.3 Å². The van der Waals surface area contributed by atoms with Gasteiger partial charge in [-0.05, 0) is 50.7 Å². The molecule has 198 valence electrons. The molecule has 10 heteroatoms. The van der Waals surface area contributed by atoms with Gasteiger partial charge in [-0.15, -0.1) is 11.3 Å². The maximum atomic E-state index is 13.8. The van der Waals surface area contributed by atoms with Crippen molar-refractivity contribution in [3.8, 4) is 0 Å². The highest BCUT2D eigenvalue weighted by Gasteiger charge is 2.47. The van der Waals surface area contributed by atoms with E-state index < -0.39 is 0 Å². The van der Waals surface area contributed by atoms with Crippen molar-refractivity contribution in [2.24, 2.45) is 5.92 Å². The summed E-state index contributed by atoms with van der Waals surface area (Å²) < 4.78 is -0.122. The maximum absolute atomic E-state index is 13.8. The fraction of sp³-hybridized carbons (Fsp3) is 0.393. The zero-order chi connectivity index (χ0) is 27.2. The number of carbonyl (C=O) groups excluding carboxylic acids is 3. The lowest BCUT2D eigenvalue weighted by atomic mass is 10.0. The van der Waals surface area contributed by atoms with Crippen LogP contribution in [0.2, 0.25) is 0 Å². The minimum atomic E-state index is -0.286. The van der Waals surface area contributed by atoms with Crippen LogP contribution in [-0.2, 0) is 11.2 Å². The number of amides is 4. The molecule has 0 bridgehead atoms. The lowest BCUT2D eigenvalue weighted by molar-refractivity contribution is -0.117. The van der Waals surface area contributed by atoms with Gasteiger partial charge in [-0.25, -0.2) is 9.78 Å². The molecule has 4 heterocycles. The highest BCUT2D eigenvalue weighted by atomic mass is 32.1. The third-order valence-electron chi connectivity index (χ3n) is 7.48. The number of rotatable bonds is 7. The Hall–Kier alpha value is -3.63. The number of urea groups is 1. The summed E-state index contributed by atoms with van der Waals surface area (Å²) >= 11 is 1.26. The Labute approximate surface area is 225 Å². The summed E-state index contributed by atoms with van der Waals surface area (Å²) in [5.74, 6) is -0.0643. The van der Waals surface area contributed by atoms with E-state index in [0.29, 0.717) is 21.3 Å². The van der Waals surface area contributed by atoms with E-state index in [1.54, 1.807) is 12.4 Å². The molecule has 0 spiro atoms.